The van der Waals surface area contributed by atoms with Crippen LogP contribution in [0.1, 0.15) is 45.1 Å². The zero-order valence-corrected chi connectivity index (χ0v) is 20.0. The molecule has 0 aliphatic heterocycles. The third-order valence-corrected chi connectivity index (χ3v) is 5.90. The fourth-order valence-corrected chi connectivity index (χ4v) is 3.91. The van der Waals surface area contributed by atoms with Crippen molar-refractivity contribution in [2.24, 2.45) is 5.41 Å². The second-order valence-corrected chi connectivity index (χ2v) is 9.48. The quantitative estimate of drug-likeness (QED) is 0.289. The second-order valence-electron chi connectivity index (χ2n) is 8.54. The van der Waals surface area contributed by atoms with E-state index in [1.165, 1.54) is 23.9 Å². The molecule has 1 heterocycles. The summed E-state index contributed by atoms with van der Waals surface area (Å²) in [5.74, 6) is 1.81. The molecule has 0 bridgehead atoms. The van der Waals surface area contributed by atoms with E-state index in [0.717, 1.165) is 11.3 Å². The lowest BCUT2D eigenvalue weighted by molar-refractivity contribution is -0.384. The number of benzene rings is 2. The van der Waals surface area contributed by atoms with E-state index in [-0.39, 0.29) is 11.6 Å². The van der Waals surface area contributed by atoms with Crippen molar-refractivity contribution in [1.82, 2.24) is 20.1 Å². The van der Waals surface area contributed by atoms with Gasteiger partial charge in [-0.15, -0.1) is 10.2 Å². The Bertz CT molecular complexity index is 1140. The van der Waals surface area contributed by atoms with Gasteiger partial charge in [0.1, 0.15) is 5.75 Å². The number of rotatable bonds is 8. The van der Waals surface area contributed by atoms with E-state index in [9.17, 15) is 14.9 Å². The number of carbonyl (C=O) groups excluding carboxylic acids is 1. The molecule has 1 N–H and O–H groups in total. The topological polar surface area (TPSA) is 112 Å². The average Bonchev–Trinajstić information content (AvgIpc) is 3.21. The third kappa shape index (κ3) is 5.89. The third-order valence-electron chi connectivity index (χ3n) is 4.90. The predicted molar refractivity (Wildman–Crippen MR) is 127 cm³/mol. The van der Waals surface area contributed by atoms with Gasteiger partial charge in [0.15, 0.2) is 11.0 Å². The van der Waals surface area contributed by atoms with E-state index >= 15 is 0 Å². The van der Waals surface area contributed by atoms with Crippen LogP contribution >= 0.6 is 11.8 Å². The highest BCUT2D eigenvalue weighted by Crippen LogP contribution is 2.29. The standard InChI is InChI=1S/C23H27N5O4S/c1-15(24-21(29)23(2,3)4)20-25-26-22(33-14-16-7-6-8-19(13-16)32-5)27(20)17-9-11-18(12-10-17)28(30)31/h6-13,15H,14H2,1-5H3,(H,24,29). The van der Waals surface area contributed by atoms with Crippen LogP contribution in [-0.4, -0.2) is 32.7 Å². The Morgan fingerprint density at radius 3 is 2.52 bits per heavy atom. The van der Waals surface area contributed by atoms with Crippen molar-refractivity contribution < 1.29 is 14.5 Å². The van der Waals surface area contributed by atoms with Gasteiger partial charge >= 0.3 is 0 Å². The van der Waals surface area contributed by atoms with Gasteiger partial charge in [0, 0.05) is 29.0 Å². The van der Waals surface area contributed by atoms with Crippen LogP contribution in [0.3, 0.4) is 0 Å². The number of nitro benzene ring substituents is 1. The predicted octanol–water partition coefficient (Wildman–Crippen LogP) is 4.70. The Hall–Kier alpha value is -3.40. The molecule has 1 amide bonds. The Morgan fingerprint density at radius 1 is 1.21 bits per heavy atom. The molecule has 0 aliphatic rings. The summed E-state index contributed by atoms with van der Waals surface area (Å²) in [7, 11) is 1.62. The Kier molecular flexibility index (Phi) is 7.37. The van der Waals surface area contributed by atoms with Crippen molar-refractivity contribution in [3.8, 4) is 11.4 Å². The number of amides is 1. The summed E-state index contributed by atoms with van der Waals surface area (Å²) in [5.41, 5.74) is 1.16. The number of carbonyl (C=O) groups is 1. The van der Waals surface area contributed by atoms with Crippen molar-refractivity contribution in [1.29, 1.82) is 0 Å². The summed E-state index contributed by atoms with van der Waals surface area (Å²) in [6.07, 6.45) is 0. The molecule has 0 radical (unpaired) electrons. The van der Waals surface area contributed by atoms with Crippen LogP contribution in [0.15, 0.2) is 53.7 Å². The number of hydrogen-bond donors (Lipinski definition) is 1. The zero-order chi connectivity index (χ0) is 24.2. The fraction of sp³-hybridized carbons (Fsp3) is 0.348. The van der Waals surface area contributed by atoms with Gasteiger partial charge in [-0.25, -0.2) is 0 Å². The maximum atomic E-state index is 12.5. The first-order valence-corrected chi connectivity index (χ1v) is 11.4. The summed E-state index contributed by atoms with van der Waals surface area (Å²) in [6.45, 7) is 7.36. The van der Waals surface area contributed by atoms with Gasteiger partial charge in [-0.2, -0.15) is 0 Å². The van der Waals surface area contributed by atoms with E-state index in [1.807, 2.05) is 56.5 Å². The van der Waals surface area contributed by atoms with Crippen molar-refractivity contribution in [3.63, 3.8) is 0 Å². The Morgan fingerprint density at radius 2 is 1.91 bits per heavy atom. The largest absolute Gasteiger partial charge is 0.497 e. The summed E-state index contributed by atoms with van der Waals surface area (Å²) in [5, 5.41) is 23.4. The van der Waals surface area contributed by atoms with Crippen LogP contribution in [0, 0.1) is 15.5 Å². The first-order valence-electron chi connectivity index (χ1n) is 10.4. The minimum atomic E-state index is -0.559. The van der Waals surface area contributed by atoms with E-state index in [1.54, 1.807) is 19.2 Å². The number of methoxy groups -OCH3 is 1. The molecule has 1 atom stereocenters. The van der Waals surface area contributed by atoms with Gasteiger partial charge in [-0.1, -0.05) is 44.7 Å². The van der Waals surface area contributed by atoms with Gasteiger partial charge in [0.2, 0.25) is 5.91 Å². The highest BCUT2D eigenvalue weighted by Gasteiger charge is 2.26. The molecule has 1 aromatic heterocycles. The van der Waals surface area contributed by atoms with Gasteiger partial charge < -0.3 is 10.1 Å². The van der Waals surface area contributed by atoms with Crippen molar-refractivity contribution in [2.75, 3.05) is 7.11 Å². The van der Waals surface area contributed by atoms with Gasteiger partial charge in [-0.05, 0) is 36.8 Å². The Balaban J connectivity index is 1.95. The molecule has 3 rings (SSSR count). The molecule has 174 valence electrons. The molecule has 0 saturated carbocycles. The van der Waals surface area contributed by atoms with E-state index in [0.29, 0.717) is 22.4 Å². The minimum absolute atomic E-state index is 0.00644. The van der Waals surface area contributed by atoms with Gasteiger partial charge in [0.05, 0.1) is 18.1 Å². The molecule has 0 fully saturated rings. The average molecular weight is 470 g/mol. The number of ether oxygens (including phenoxy) is 1. The highest BCUT2D eigenvalue weighted by atomic mass is 32.2. The molecular weight excluding hydrogens is 442 g/mol. The van der Waals surface area contributed by atoms with Crippen LogP contribution in [0.5, 0.6) is 5.75 Å². The smallest absolute Gasteiger partial charge is 0.269 e. The van der Waals surface area contributed by atoms with E-state index in [4.69, 9.17) is 4.74 Å². The van der Waals surface area contributed by atoms with Crippen LogP contribution in [0.4, 0.5) is 5.69 Å². The first-order chi connectivity index (χ1) is 15.6. The SMILES string of the molecule is COc1cccc(CSc2nnc(C(C)NC(=O)C(C)(C)C)n2-c2ccc([N+](=O)[O-])cc2)c1. The number of nitrogens with one attached hydrogen (secondary N) is 1. The van der Waals surface area contributed by atoms with E-state index in [2.05, 4.69) is 15.5 Å². The maximum Gasteiger partial charge on any atom is 0.269 e. The van der Waals surface area contributed by atoms with Crippen molar-refractivity contribution in [2.45, 2.75) is 44.6 Å². The maximum absolute atomic E-state index is 12.5. The normalized spacial score (nSPS) is 12.3. The number of nitro groups is 1. The summed E-state index contributed by atoms with van der Waals surface area (Å²) < 4.78 is 7.11. The lowest BCUT2D eigenvalue weighted by Gasteiger charge is -2.22. The molecule has 0 spiro atoms. The number of hydrogen-bond acceptors (Lipinski definition) is 7. The zero-order valence-electron chi connectivity index (χ0n) is 19.2. The van der Waals surface area contributed by atoms with Crippen molar-refractivity contribution >= 4 is 23.4 Å². The molecule has 33 heavy (non-hydrogen) atoms. The molecule has 1 unspecified atom stereocenters. The molecule has 0 saturated heterocycles. The number of thioether (sulfide) groups is 1. The highest BCUT2D eigenvalue weighted by molar-refractivity contribution is 7.98. The molecular formula is C23H27N5O4S. The van der Waals surface area contributed by atoms with Crippen LogP contribution in [0.2, 0.25) is 0 Å². The van der Waals surface area contributed by atoms with Crippen LogP contribution in [0.25, 0.3) is 5.69 Å². The first kappa shape index (κ1) is 24.2. The minimum Gasteiger partial charge on any atom is -0.497 e. The molecule has 2 aromatic carbocycles. The van der Waals surface area contributed by atoms with Gasteiger partial charge in [-0.3, -0.25) is 19.5 Å². The number of aromatic nitrogens is 3. The molecule has 10 heteroatoms. The Labute approximate surface area is 196 Å². The summed E-state index contributed by atoms with van der Waals surface area (Å²) in [4.78, 5) is 23.2. The molecule has 0 aliphatic carbocycles. The van der Waals surface area contributed by atoms with Gasteiger partial charge in [0.25, 0.3) is 5.69 Å². The summed E-state index contributed by atoms with van der Waals surface area (Å²) in [6, 6.07) is 13.5. The fourth-order valence-electron chi connectivity index (χ4n) is 3.01. The second kappa shape index (κ2) is 10.0. The van der Waals surface area contributed by atoms with Crippen LogP contribution in [-0.2, 0) is 10.5 Å². The lowest BCUT2D eigenvalue weighted by Crippen LogP contribution is -2.37. The van der Waals surface area contributed by atoms with Crippen LogP contribution < -0.4 is 10.1 Å². The number of non-ortho nitro benzene ring substituents is 1. The number of nitrogens with zero attached hydrogens (tertiary/aromatic N) is 4. The monoisotopic (exact) mass is 469 g/mol. The lowest BCUT2D eigenvalue weighted by atomic mass is 9.95. The summed E-state index contributed by atoms with van der Waals surface area (Å²) >= 11 is 1.47. The van der Waals surface area contributed by atoms with Crippen molar-refractivity contribution in [3.05, 3.63) is 70.0 Å². The molecule has 9 nitrogen and oxygen atoms in total. The molecule has 3 aromatic rings. The van der Waals surface area contributed by atoms with E-state index < -0.39 is 16.4 Å².